The van der Waals surface area contributed by atoms with Crippen molar-refractivity contribution < 1.29 is 4.74 Å². The molecule has 98 valence electrons. The van der Waals surface area contributed by atoms with Crippen LogP contribution in [-0.2, 0) is 0 Å². The van der Waals surface area contributed by atoms with Gasteiger partial charge >= 0.3 is 0 Å². The van der Waals surface area contributed by atoms with Crippen LogP contribution in [0.1, 0.15) is 34.1 Å². The molecule has 0 amide bonds. The predicted molar refractivity (Wildman–Crippen MR) is 73.4 cm³/mol. The molecular weight excluding hydrogens is 224 g/mol. The highest BCUT2D eigenvalue weighted by Gasteiger charge is 2.27. The largest absolute Gasteiger partial charge is 0.491 e. The quantitative estimate of drug-likeness (QED) is 0.838. The average Bonchev–Trinajstić information content (AvgIpc) is 2.28. The van der Waals surface area contributed by atoms with E-state index in [9.17, 15) is 5.26 Å². The zero-order chi connectivity index (χ0) is 13.6. The standard InChI is InChI=1S/C15H22N2O/c1-12(2)17-15(4,11-16)10-13(3)18-14-8-6-5-7-9-14/h5-9,12-13,17H,10H2,1-4H3. The monoisotopic (exact) mass is 246 g/mol. The van der Waals surface area contributed by atoms with Gasteiger partial charge < -0.3 is 4.74 Å². The summed E-state index contributed by atoms with van der Waals surface area (Å²) in [4.78, 5) is 0. The summed E-state index contributed by atoms with van der Waals surface area (Å²) in [5.74, 6) is 0.842. The predicted octanol–water partition coefficient (Wildman–Crippen LogP) is 3.12. The lowest BCUT2D eigenvalue weighted by Gasteiger charge is -2.29. The fourth-order valence-corrected chi connectivity index (χ4v) is 2.12. The Morgan fingerprint density at radius 2 is 1.89 bits per heavy atom. The molecule has 0 aromatic heterocycles. The maximum absolute atomic E-state index is 9.28. The van der Waals surface area contributed by atoms with Gasteiger partial charge in [-0.05, 0) is 39.8 Å². The summed E-state index contributed by atoms with van der Waals surface area (Å²) in [5.41, 5.74) is -0.553. The van der Waals surface area contributed by atoms with Crippen molar-refractivity contribution in [3.63, 3.8) is 0 Å². The second kappa shape index (κ2) is 6.42. The fourth-order valence-electron chi connectivity index (χ4n) is 2.12. The molecule has 0 aliphatic carbocycles. The van der Waals surface area contributed by atoms with Gasteiger partial charge in [-0.25, -0.2) is 0 Å². The summed E-state index contributed by atoms with van der Waals surface area (Å²) in [6.45, 7) is 7.99. The first kappa shape index (κ1) is 14.5. The van der Waals surface area contributed by atoms with Crippen LogP contribution in [0.25, 0.3) is 0 Å². The van der Waals surface area contributed by atoms with Crippen molar-refractivity contribution in [3.05, 3.63) is 30.3 Å². The van der Waals surface area contributed by atoms with E-state index in [2.05, 4.69) is 11.4 Å². The number of hydrogen-bond donors (Lipinski definition) is 1. The number of nitrogens with one attached hydrogen (secondary N) is 1. The Kier molecular flexibility index (Phi) is 5.18. The van der Waals surface area contributed by atoms with E-state index in [1.165, 1.54) is 0 Å². The number of rotatable bonds is 6. The molecule has 1 N–H and O–H groups in total. The number of hydrogen-bond acceptors (Lipinski definition) is 3. The Bertz CT molecular complexity index is 397. The minimum Gasteiger partial charge on any atom is -0.491 e. The lowest BCUT2D eigenvalue weighted by atomic mass is 9.95. The van der Waals surface area contributed by atoms with Crippen molar-refractivity contribution in [2.24, 2.45) is 0 Å². The van der Waals surface area contributed by atoms with Gasteiger partial charge in [0.1, 0.15) is 11.3 Å². The minimum absolute atomic E-state index is 0.0108. The molecule has 0 heterocycles. The van der Waals surface area contributed by atoms with Crippen LogP contribution in [0.3, 0.4) is 0 Å². The van der Waals surface area contributed by atoms with Gasteiger partial charge in [0.05, 0.1) is 12.2 Å². The van der Waals surface area contributed by atoms with Gasteiger partial charge in [-0.2, -0.15) is 5.26 Å². The Hall–Kier alpha value is -1.53. The van der Waals surface area contributed by atoms with Crippen molar-refractivity contribution >= 4 is 0 Å². The second-order valence-electron chi connectivity index (χ2n) is 5.19. The molecule has 3 nitrogen and oxygen atoms in total. The van der Waals surface area contributed by atoms with E-state index in [1.807, 2.05) is 58.0 Å². The molecule has 3 heteroatoms. The van der Waals surface area contributed by atoms with Crippen molar-refractivity contribution in [2.75, 3.05) is 0 Å². The summed E-state index contributed by atoms with van der Waals surface area (Å²) in [7, 11) is 0. The topological polar surface area (TPSA) is 45.0 Å². The van der Waals surface area contributed by atoms with E-state index in [-0.39, 0.29) is 12.1 Å². The number of benzene rings is 1. The summed E-state index contributed by atoms with van der Waals surface area (Å²) in [5, 5.41) is 12.6. The van der Waals surface area contributed by atoms with E-state index in [0.29, 0.717) is 6.42 Å². The van der Waals surface area contributed by atoms with Crippen molar-refractivity contribution in [2.45, 2.75) is 51.8 Å². The zero-order valence-electron chi connectivity index (χ0n) is 11.6. The van der Waals surface area contributed by atoms with Crippen LogP contribution in [0.15, 0.2) is 30.3 Å². The van der Waals surface area contributed by atoms with Crippen LogP contribution in [-0.4, -0.2) is 17.7 Å². The van der Waals surface area contributed by atoms with Gasteiger partial charge in [-0.1, -0.05) is 18.2 Å². The fraction of sp³-hybridized carbons (Fsp3) is 0.533. The molecule has 18 heavy (non-hydrogen) atoms. The molecule has 0 bridgehead atoms. The molecule has 0 radical (unpaired) electrons. The van der Waals surface area contributed by atoms with Gasteiger partial charge in [0.2, 0.25) is 0 Å². The van der Waals surface area contributed by atoms with Gasteiger partial charge in [0, 0.05) is 12.5 Å². The maximum atomic E-state index is 9.28. The lowest BCUT2D eigenvalue weighted by molar-refractivity contribution is 0.176. The van der Waals surface area contributed by atoms with E-state index in [0.717, 1.165) is 5.75 Å². The first-order valence-corrected chi connectivity index (χ1v) is 6.36. The molecule has 1 aromatic rings. The smallest absolute Gasteiger partial charge is 0.119 e. The van der Waals surface area contributed by atoms with Crippen LogP contribution in [0, 0.1) is 11.3 Å². The number of nitrogens with zero attached hydrogens (tertiary/aromatic N) is 1. The Morgan fingerprint density at radius 1 is 1.28 bits per heavy atom. The average molecular weight is 246 g/mol. The molecule has 1 rings (SSSR count). The molecule has 0 saturated carbocycles. The molecule has 2 unspecified atom stereocenters. The Balaban J connectivity index is 2.58. The van der Waals surface area contributed by atoms with Crippen LogP contribution < -0.4 is 10.1 Å². The maximum Gasteiger partial charge on any atom is 0.119 e. The van der Waals surface area contributed by atoms with E-state index in [4.69, 9.17) is 4.74 Å². The minimum atomic E-state index is -0.553. The third kappa shape index (κ3) is 4.77. The Labute approximate surface area is 110 Å². The molecule has 0 aliphatic heterocycles. The van der Waals surface area contributed by atoms with Gasteiger partial charge in [-0.15, -0.1) is 0 Å². The molecule has 0 aliphatic rings. The summed E-state index contributed by atoms with van der Waals surface area (Å²) < 4.78 is 5.80. The first-order chi connectivity index (χ1) is 8.45. The van der Waals surface area contributed by atoms with Crippen molar-refractivity contribution in [3.8, 4) is 11.8 Å². The molecule has 0 saturated heterocycles. The summed E-state index contributed by atoms with van der Waals surface area (Å²) in [6, 6.07) is 12.3. The molecule has 1 aromatic carbocycles. The number of para-hydroxylation sites is 1. The van der Waals surface area contributed by atoms with Crippen LogP contribution in [0.4, 0.5) is 0 Å². The first-order valence-electron chi connectivity index (χ1n) is 6.36. The van der Waals surface area contributed by atoms with Crippen LogP contribution in [0.5, 0.6) is 5.75 Å². The SMILES string of the molecule is CC(C)NC(C)(C#N)CC(C)Oc1ccccc1. The number of ether oxygens (including phenoxy) is 1. The van der Waals surface area contributed by atoms with Crippen LogP contribution >= 0.6 is 0 Å². The Morgan fingerprint density at radius 3 is 2.39 bits per heavy atom. The van der Waals surface area contributed by atoms with Crippen molar-refractivity contribution in [1.29, 1.82) is 5.26 Å². The molecular formula is C15H22N2O. The van der Waals surface area contributed by atoms with Crippen molar-refractivity contribution in [1.82, 2.24) is 5.32 Å². The highest BCUT2D eigenvalue weighted by molar-refractivity contribution is 5.21. The third-order valence-corrected chi connectivity index (χ3v) is 2.63. The highest BCUT2D eigenvalue weighted by atomic mass is 16.5. The second-order valence-corrected chi connectivity index (χ2v) is 5.19. The van der Waals surface area contributed by atoms with Gasteiger partial charge in [-0.3, -0.25) is 5.32 Å². The highest BCUT2D eigenvalue weighted by Crippen LogP contribution is 2.18. The third-order valence-electron chi connectivity index (χ3n) is 2.63. The van der Waals surface area contributed by atoms with Gasteiger partial charge in [0.25, 0.3) is 0 Å². The zero-order valence-corrected chi connectivity index (χ0v) is 11.6. The van der Waals surface area contributed by atoms with E-state index >= 15 is 0 Å². The van der Waals surface area contributed by atoms with Gasteiger partial charge in [0.15, 0.2) is 0 Å². The van der Waals surface area contributed by atoms with E-state index in [1.54, 1.807) is 0 Å². The molecule has 0 spiro atoms. The normalized spacial score (nSPS) is 15.8. The summed E-state index contributed by atoms with van der Waals surface area (Å²) in [6.07, 6.45) is 0.639. The number of nitriles is 1. The molecule has 2 atom stereocenters. The summed E-state index contributed by atoms with van der Waals surface area (Å²) >= 11 is 0. The lowest BCUT2D eigenvalue weighted by Crippen LogP contribution is -2.47. The van der Waals surface area contributed by atoms with E-state index < -0.39 is 5.54 Å². The molecule has 0 fully saturated rings. The van der Waals surface area contributed by atoms with Crippen LogP contribution in [0.2, 0.25) is 0 Å².